The largest absolute Gasteiger partial charge is 0.313 e. The maximum absolute atomic E-state index is 10.8. The molecule has 0 aromatic heterocycles. The van der Waals surface area contributed by atoms with Gasteiger partial charge in [-0.2, -0.15) is 0 Å². The number of aldehydes is 1. The summed E-state index contributed by atoms with van der Waals surface area (Å²) in [5, 5.41) is 3.26. The zero-order valence-corrected chi connectivity index (χ0v) is 7.99. The molecule has 1 aliphatic heterocycles. The van der Waals surface area contributed by atoms with Gasteiger partial charge in [-0.1, -0.05) is 30.3 Å². The van der Waals surface area contributed by atoms with Gasteiger partial charge in [0, 0.05) is 12.1 Å². The lowest BCUT2D eigenvalue weighted by Crippen LogP contribution is -2.20. The maximum atomic E-state index is 10.8. The molecular formula is C12H13NO. The van der Waals surface area contributed by atoms with Crippen molar-refractivity contribution in [2.24, 2.45) is 0 Å². The Bertz CT molecular complexity index is 368. The summed E-state index contributed by atoms with van der Waals surface area (Å²) in [5.41, 5.74) is 3.16. The molecule has 0 spiro atoms. The van der Waals surface area contributed by atoms with E-state index in [9.17, 15) is 4.79 Å². The Kier molecular flexibility index (Phi) is 2.75. The Morgan fingerprint density at radius 2 is 2.14 bits per heavy atom. The highest BCUT2D eigenvalue weighted by Gasteiger charge is 2.08. The summed E-state index contributed by atoms with van der Waals surface area (Å²) in [7, 11) is 0. The third-order valence-electron chi connectivity index (χ3n) is 2.50. The van der Waals surface area contributed by atoms with Crippen molar-refractivity contribution in [2.75, 3.05) is 13.1 Å². The minimum Gasteiger partial charge on any atom is -0.313 e. The SMILES string of the molecule is O=Cc1ccccc1C1=CCNCC1. The van der Waals surface area contributed by atoms with Gasteiger partial charge >= 0.3 is 0 Å². The van der Waals surface area contributed by atoms with E-state index in [1.54, 1.807) is 0 Å². The van der Waals surface area contributed by atoms with E-state index in [-0.39, 0.29) is 0 Å². The zero-order valence-electron chi connectivity index (χ0n) is 7.99. The molecule has 1 aliphatic rings. The monoisotopic (exact) mass is 187 g/mol. The minimum atomic E-state index is 0.792. The Morgan fingerprint density at radius 3 is 2.86 bits per heavy atom. The Hall–Kier alpha value is -1.41. The van der Waals surface area contributed by atoms with E-state index in [0.717, 1.165) is 36.9 Å². The second-order valence-corrected chi connectivity index (χ2v) is 3.39. The van der Waals surface area contributed by atoms with Crippen molar-refractivity contribution >= 4 is 11.9 Å². The Balaban J connectivity index is 2.39. The van der Waals surface area contributed by atoms with E-state index in [4.69, 9.17) is 0 Å². The molecule has 2 heteroatoms. The smallest absolute Gasteiger partial charge is 0.150 e. The van der Waals surface area contributed by atoms with E-state index in [1.807, 2.05) is 24.3 Å². The first-order chi connectivity index (χ1) is 6.92. The number of benzene rings is 1. The van der Waals surface area contributed by atoms with Crippen LogP contribution in [0.3, 0.4) is 0 Å². The van der Waals surface area contributed by atoms with Crippen molar-refractivity contribution in [3.05, 3.63) is 41.5 Å². The fraction of sp³-hybridized carbons (Fsp3) is 0.250. The van der Waals surface area contributed by atoms with Crippen LogP contribution in [0.25, 0.3) is 5.57 Å². The topological polar surface area (TPSA) is 29.1 Å². The summed E-state index contributed by atoms with van der Waals surface area (Å²) in [6.45, 7) is 1.90. The van der Waals surface area contributed by atoms with E-state index < -0.39 is 0 Å². The van der Waals surface area contributed by atoms with Gasteiger partial charge in [0.15, 0.2) is 6.29 Å². The minimum absolute atomic E-state index is 0.792. The molecule has 0 bridgehead atoms. The molecule has 1 N–H and O–H groups in total. The molecule has 0 saturated carbocycles. The van der Waals surface area contributed by atoms with Crippen molar-refractivity contribution in [3.8, 4) is 0 Å². The number of carbonyl (C=O) groups is 1. The highest BCUT2D eigenvalue weighted by molar-refractivity contribution is 5.85. The van der Waals surface area contributed by atoms with Crippen LogP contribution < -0.4 is 5.32 Å². The zero-order chi connectivity index (χ0) is 9.80. The van der Waals surface area contributed by atoms with Crippen LogP contribution in [0.1, 0.15) is 22.3 Å². The second kappa shape index (κ2) is 4.20. The van der Waals surface area contributed by atoms with Crippen molar-refractivity contribution in [1.82, 2.24) is 5.32 Å². The van der Waals surface area contributed by atoms with Gasteiger partial charge in [0.1, 0.15) is 0 Å². The number of carbonyl (C=O) groups excluding carboxylic acids is 1. The normalized spacial score (nSPS) is 16.1. The molecule has 2 nitrogen and oxygen atoms in total. The van der Waals surface area contributed by atoms with Crippen LogP contribution in [0.15, 0.2) is 30.3 Å². The molecule has 0 amide bonds. The number of nitrogens with one attached hydrogen (secondary N) is 1. The molecule has 0 atom stereocenters. The van der Waals surface area contributed by atoms with Gasteiger partial charge in [0.05, 0.1) is 0 Å². The van der Waals surface area contributed by atoms with Gasteiger partial charge in [0.2, 0.25) is 0 Å². The van der Waals surface area contributed by atoms with Gasteiger partial charge in [-0.3, -0.25) is 4.79 Å². The number of hydrogen-bond donors (Lipinski definition) is 1. The predicted octanol–water partition coefficient (Wildman–Crippen LogP) is 1.88. The molecule has 0 unspecified atom stereocenters. The quantitative estimate of drug-likeness (QED) is 0.716. The first-order valence-electron chi connectivity index (χ1n) is 4.86. The molecule has 1 heterocycles. The molecule has 14 heavy (non-hydrogen) atoms. The van der Waals surface area contributed by atoms with Crippen LogP contribution >= 0.6 is 0 Å². The highest BCUT2D eigenvalue weighted by Crippen LogP contribution is 2.22. The summed E-state index contributed by atoms with van der Waals surface area (Å²) >= 11 is 0. The Morgan fingerprint density at radius 1 is 1.29 bits per heavy atom. The highest BCUT2D eigenvalue weighted by atomic mass is 16.1. The van der Waals surface area contributed by atoms with E-state index >= 15 is 0 Å². The number of hydrogen-bond acceptors (Lipinski definition) is 2. The summed E-state index contributed by atoms with van der Waals surface area (Å²) < 4.78 is 0. The average molecular weight is 187 g/mol. The Labute approximate surface area is 83.6 Å². The van der Waals surface area contributed by atoms with Crippen LogP contribution in [0.5, 0.6) is 0 Å². The molecule has 0 radical (unpaired) electrons. The van der Waals surface area contributed by atoms with Crippen molar-refractivity contribution < 1.29 is 4.79 Å². The van der Waals surface area contributed by atoms with Gasteiger partial charge < -0.3 is 5.32 Å². The van der Waals surface area contributed by atoms with Crippen molar-refractivity contribution in [1.29, 1.82) is 0 Å². The first-order valence-corrected chi connectivity index (χ1v) is 4.86. The van der Waals surface area contributed by atoms with Crippen LogP contribution in [0.2, 0.25) is 0 Å². The third-order valence-corrected chi connectivity index (χ3v) is 2.50. The lowest BCUT2D eigenvalue weighted by molar-refractivity contribution is 0.112. The standard InChI is InChI=1S/C12H13NO/c14-9-11-3-1-2-4-12(11)10-5-7-13-8-6-10/h1-5,9,13H,6-8H2. The van der Waals surface area contributed by atoms with Crippen LogP contribution in [0, 0.1) is 0 Å². The van der Waals surface area contributed by atoms with E-state index in [2.05, 4.69) is 11.4 Å². The number of rotatable bonds is 2. The van der Waals surface area contributed by atoms with E-state index in [0.29, 0.717) is 0 Å². The molecule has 1 aromatic rings. The van der Waals surface area contributed by atoms with Gasteiger partial charge in [-0.15, -0.1) is 0 Å². The molecule has 0 saturated heterocycles. The average Bonchev–Trinajstić information content (AvgIpc) is 2.30. The predicted molar refractivity (Wildman–Crippen MR) is 57.3 cm³/mol. The van der Waals surface area contributed by atoms with Gasteiger partial charge in [-0.05, 0) is 24.1 Å². The molecule has 1 aromatic carbocycles. The molecule has 0 fully saturated rings. The summed E-state index contributed by atoms with van der Waals surface area (Å²) in [6, 6.07) is 7.76. The fourth-order valence-corrected chi connectivity index (χ4v) is 1.76. The fourth-order valence-electron chi connectivity index (χ4n) is 1.76. The third kappa shape index (κ3) is 1.75. The van der Waals surface area contributed by atoms with E-state index in [1.165, 1.54) is 5.57 Å². The van der Waals surface area contributed by atoms with Crippen LogP contribution in [-0.4, -0.2) is 19.4 Å². The van der Waals surface area contributed by atoms with Crippen LogP contribution in [0.4, 0.5) is 0 Å². The lowest BCUT2D eigenvalue weighted by atomic mass is 9.96. The van der Waals surface area contributed by atoms with Crippen LogP contribution in [-0.2, 0) is 0 Å². The molecule has 72 valence electrons. The van der Waals surface area contributed by atoms with Gasteiger partial charge in [0.25, 0.3) is 0 Å². The first kappa shape index (κ1) is 9.16. The maximum Gasteiger partial charge on any atom is 0.150 e. The lowest BCUT2D eigenvalue weighted by Gasteiger charge is -2.15. The van der Waals surface area contributed by atoms with Crippen molar-refractivity contribution in [2.45, 2.75) is 6.42 Å². The summed E-state index contributed by atoms with van der Waals surface area (Å²) in [5.74, 6) is 0. The van der Waals surface area contributed by atoms with Crippen molar-refractivity contribution in [3.63, 3.8) is 0 Å². The summed E-state index contributed by atoms with van der Waals surface area (Å²) in [4.78, 5) is 10.8. The summed E-state index contributed by atoms with van der Waals surface area (Å²) in [6.07, 6.45) is 4.09. The molecule has 0 aliphatic carbocycles. The second-order valence-electron chi connectivity index (χ2n) is 3.39. The van der Waals surface area contributed by atoms with Gasteiger partial charge in [-0.25, -0.2) is 0 Å². The molecule has 2 rings (SSSR count). The molecular weight excluding hydrogens is 174 g/mol.